The Bertz CT molecular complexity index is 634. The Kier molecular flexibility index (Phi) is 4.35. The minimum absolute atomic E-state index is 0.339. The van der Waals surface area contributed by atoms with Gasteiger partial charge < -0.3 is 14.0 Å². The van der Waals surface area contributed by atoms with Crippen LogP contribution in [0.3, 0.4) is 0 Å². The van der Waals surface area contributed by atoms with Gasteiger partial charge in [0.05, 0.1) is 13.7 Å². The topological polar surface area (TPSA) is 40.5 Å². The molecule has 0 atom stereocenters. The van der Waals surface area contributed by atoms with Crippen LogP contribution in [0.4, 0.5) is 0 Å². The maximum atomic E-state index is 11.8. The minimum atomic E-state index is -0.339. The van der Waals surface area contributed by atoms with E-state index in [-0.39, 0.29) is 5.97 Å². The third-order valence-electron chi connectivity index (χ3n) is 2.96. The summed E-state index contributed by atoms with van der Waals surface area (Å²) in [7, 11) is 3.39. The number of carbonyl (C=O) groups excluding carboxylic acids is 1. The molecule has 2 rings (SSSR count). The van der Waals surface area contributed by atoms with Crippen molar-refractivity contribution in [2.75, 3.05) is 13.7 Å². The lowest BCUT2D eigenvalue weighted by molar-refractivity contribution is 0.0515. The monoisotopic (exact) mass is 293 g/mol. The second-order valence-corrected chi connectivity index (χ2v) is 4.73. The zero-order chi connectivity index (χ0) is 14.7. The van der Waals surface area contributed by atoms with Crippen LogP contribution in [0.25, 0.3) is 11.1 Å². The highest BCUT2D eigenvalue weighted by molar-refractivity contribution is 6.30. The van der Waals surface area contributed by atoms with Gasteiger partial charge in [-0.1, -0.05) is 11.6 Å². The number of nitrogens with zero attached hydrogens (tertiary/aromatic N) is 1. The molecular weight excluding hydrogens is 278 g/mol. The quantitative estimate of drug-likeness (QED) is 0.810. The third-order valence-corrected chi connectivity index (χ3v) is 3.20. The number of benzene rings is 1. The van der Waals surface area contributed by atoms with Crippen LogP contribution in [0.2, 0.25) is 5.02 Å². The van der Waals surface area contributed by atoms with Crippen molar-refractivity contribution < 1.29 is 14.3 Å². The molecule has 1 heterocycles. The van der Waals surface area contributed by atoms with E-state index >= 15 is 0 Å². The molecule has 1 aromatic heterocycles. The van der Waals surface area contributed by atoms with Crippen LogP contribution in [-0.4, -0.2) is 24.3 Å². The van der Waals surface area contributed by atoms with E-state index in [1.54, 1.807) is 43.8 Å². The van der Waals surface area contributed by atoms with Gasteiger partial charge in [-0.25, -0.2) is 4.79 Å². The van der Waals surface area contributed by atoms with E-state index in [0.29, 0.717) is 23.1 Å². The van der Waals surface area contributed by atoms with Gasteiger partial charge in [-0.3, -0.25) is 0 Å². The summed E-state index contributed by atoms with van der Waals surface area (Å²) in [6.45, 7) is 2.13. The average molecular weight is 294 g/mol. The van der Waals surface area contributed by atoms with Crippen LogP contribution in [0.5, 0.6) is 5.75 Å². The van der Waals surface area contributed by atoms with E-state index < -0.39 is 0 Å². The lowest BCUT2D eigenvalue weighted by atomic mass is 10.1. The molecule has 0 bridgehead atoms. The van der Waals surface area contributed by atoms with Gasteiger partial charge in [0, 0.05) is 29.4 Å². The fourth-order valence-corrected chi connectivity index (χ4v) is 2.19. The van der Waals surface area contributed by atoms with Crippen molar-refractivity contribution in [2.24, 2.45) is 7.05 Å². The number of esters is 1. The number of hydrogen-bond donors (Lipinski definition) is 0. The summed E-state index contributed by atoms with van der Waals surface area (Å²) in [5.74, 6) is 0.327. The third kappa shape index (κ3) is 2.80. The van der Waals surface area contributed by atoms with E-state index in [9.17, 15) is 4.79 Å². The van der Waals surface area contributed by atoms with Gasteiger partial charge in [0.25, 0.3) is 0 Å². The van der Waals surface area contributed by atoms with Crippen molar-refractivity contribution >= 4 is 17.6 Å². The van der Waals surface area contributed by atoms with E-state index in [4.69, 9.17) is 21.1 Å². The molecule has 0 aliphatic heterocycles. The van der Waals surface area contributed by atoms with Crippen LogP contribution < -0.4 is 4.74 Å². The first-order valence-corrected chi connectivity index (χ1v) is 6.62. The standard InChI is InChI=1S/C15H16ClNO3/c1-4-20-15(18)13-7-10(9-17(13)2)12-6-5-11(16)8-14(12)19-3/h5-9H,4H2,1-3H3. The predicted molar refractivity (Wildman–Crippen MR) is 78.4 cm³/mol. The van der Waals surface area contributed by atoms with Gasteiger partial charge in [0.15, 0.2) is 0 Å². The number of ether oxygens (including phenoxy) is 2. The molecule has 4 nitrogen and oxygen atoms in total. The van der Waals surface area contributed by atoms with Crippen molar-refractivity contribution in [1.82, 2.24) is 4.57 Å². The Morgan fingerprint density at radius 2 is 2.10 bits per heavy atom. The van der Waals surface area contributed by atoms with Crippen LogP contribution in [-0.2, 0) is 11.8 Å². The summed E-state index contributed by atoms with van der Waals surface area (Å²) < 4.78 is 12.1. The van der Waals surface area contributed by atoms with E-state index in [2.05, 4.69) is 0 Å². The van der Waals surface area contributed by atoms with Gasteiger partial charge in [0.1, 0.15) is 11.4 Å². The number of aryl methyl sites for hydroxylation is 1. The molecule has 0 unspecified atom stereocenters. The molecule has 0 fully saturated rings. The maximum absolute atomic E-state index is 11.8. The Hall–Kier alpha value is -1.94. The number of rotatable bonds is 4. The first-order valence-electron chi connectivity index (χ1n) is 6.24. The molecule has 5 heteroatoms. The van der Waals surface area contributed by atoms with Gasteiger partial charge in [-0.15, -0.1) is 0 Å². The predicted octanol–water partition coefficient (Wildman–Crippen LogP) is 3.53. The lowest BCUT2D eigenvalue weighted by Crippen LogP contribution is -2.08. The van der Waals surface area contributed by atoms with Crippen molar-refractivity contribution in [2.45, 2.75) is 6.92 Å². The van der Waals surface area contributed by atoms with Crippen molar-refractivity contribution in [3.63, 3.8) is 0 Å². The normalized spacial score (nSPS) is 10.4. The molecule has 0 amide bonds. The molecule has 2 aromatic rings. The Labute approximate surface area is 122 Å². The Morgan fingerprint density at radius 1 is 1.35 bits per heavy atom. The summed E-state index contributed by atoms with van der Waals surface area (Å²) in [4.78, 5) is 11.8. The van der Waals surface area contributed by atoms with E-state index in [0.717, 1.165) is 11.1 Å². The van der Waals surface area contributed by atoms with Gasteiger partial charge in [0.2, 0.25) is 0 Å². The van der Waals surface area contributed by atoms with Crippen molar-refractivity contribution in [3.8, 4) is 16.9 Å². The fraction of sp³-hybridized carbons (Fsp3) is 0.267. The van der Waals surface area contributed by atoms with Crippen molar-refractivity contribution in [1.29, 1.82) is 0 Å². The van der Waals surface area contributed by atoms with Gasteiger partial charge >= 0.3 is 5.97 Å². The molecule has 1 aromatic carbocycles. The average Bonchev–Trinajstić information content (AvgIpc) is 2.80. The van der Waals surface area contributed by atoms with Crippen LogP contribution in [0.1, 0.15) is 17.4 Å². The van der Waals surface area contributed by atoms with E-state index in [1.165, 1.54) is 0 Å². The molecule has 0 saturated heterocycles. The van der Waals surface area contributed by atoms with Crippen LogP contribution in [0, 0.1) is 0 Å². The fourth-order valence-electron chi connectivity index (χ4n) is 2.02. The molecule has 0 radical (unpaired) electrons. The molecule has 0 aliphatic carbocycles. The maximum Gasteiger partial charge on any atom is 0.354 e. The van der Waals surface area contributed by atoms with Crippen molar-refractivity contribution in [3.05, 3.63) is 41.2 Å². The molecule has 0 saturated carbocycles. The minimum Gasteiger partial charge on any atom is -0.496 e. The lowest BCUT2D eigenvalue weighted by Gasteiger charge is -2.06. The zero-order valence-electron chi connectivity index (χ0n) is 11.6. The summed E-state index contributed by atoms with van der Waals surface area (Å²) >= 11 is 5.95. The SMILES string of the molecule is CCOC(=O)c1cc(-c2ccc(Cl)cc2OC)cn1C. The summed E-state index contributed by atoms with van der Waals surface area (Å²) in [6, 6.07) is 7.18. The molecule has 0 aliphatic rings. The van der Waals surface area contributed by atoms with E-state index in [1.807, 2.05) is 12.3 Å². The molecule has 0 spiro atoms. The first-order chi connectivity index (χ1) is 9.56. The van der Waals surface area contributed by atoms with Crippen LogP contribution in [0.15, 0.2) is 30.5 Å². The Balaban J connectivity index is 2.44. The zero-order valence-corrected chi connectivity index (χ0v) is 12.4. The smallest absolute Gasteiger partial charge is 0.354 e. The Morgan fingerprint density at radius 3 is 2.75 bits per heavy atom. The number of aromatic nitrogens is 1. The number of hydrogen-bond acceptors (Lipinski definition) is 3. The number of halogens is 1. The highest BCUT2D eigenvalue weighted by atomic mass is 35.5. The second kappa shape index (κ2) is 6.01. The highest BCUT2D eigenvalue weighted by Gasteiger charge is 2.15. The molecule has 0 N–H and O–H groups in total. The second-order valence-electron chi connectivity index (χ2n) is 4.29. The van der Waals surface area contributed by atoms with Gasteiger partial charge in [-0.05, 0) is 31.2 Å². The van der Waals surface area contributed by atoms with Crippen LogP contribution >= 0.6 is 11.6 Å². The molecule has 106 valence electrons. The summed E-state index contributed by atoms with van der Waals surface area (Å²) in [5.41, 5.74) is 2.26. The summed E-state index contributed by atoms with van der Waals surface area (Å²) in [5, 5.41) is 0.604. The number of methoxy groups -OCH3 is 1. The molecular formula is C15H16ClNO3. The highest BCUT2D eigenvalue weighted by Crippen LogP contribution is 2.33. The largest absolute Gasteiger partial charge is 0.496 e. The summed E-state index contributed by atoms with van der Waals surface area (Å²) in [6.07, 6.45) is 1.86. The first kappa shape index (κ1) is 14.5. The number of carbonyl (C=O) groups is 1. The van der Waals surface area contributed by atoms with Gasteiger partial charge in [-0.2, -0.15) is 0 Å². The molecule has 20 heavy (non-hydrogen) atoms.